The Morgan fingerprint density at radius 1 is 1.57 bits per heavy atom. The number of urea groups is 1. The molecule has 2 amide bonds. The third kappa shape index (κ3) is 3.39. The summed E-state index contributed by atoms with van der Waals surface area (Å²) in [6.07, 6.45) is 1.63. The number of furan rings is 1. The lowest BCUT2D eigenvalue weighted by Crippen LogP contribution is -2.41. The predicted octanol–water partition coefficient (Wildman–Crippen LogP) is 1.40. The topological polar surface area (TPSA) is 89.1 Å². The lowest BCUT2D eigenvalue weighted by molar-refractivity contribution is 0.189. The second-order valence-corrected chi connectivity index (χ2v) is 4.87. The monoisotopic (exact) mass is 292 g/mol. The van der Waals surface area contributed by atoms with Crippen molar-refractivity contribution in [3.8, 4) is 0 Å². The second kappa shape index (κ2) is 6.38. The fourth-order valence-corrected chi connectivity index (χ4v) is 2.01. The van der Waals surface area contributed by atoms with E-state index in [1.807, 2.05) is 26.8 Å². The van der Waals surface area contributed by atoms with Crippen LogP contribution in [-0.4, -0.2) is 37.7 Å². The van der Waals surface area contributed by atoms with E-state index in [4.69, 9.17) is 4.42 Å². The molecule has 0 bridgehead atoms. The number of aromatic nitrogens is 4. The fraction of sp³-hybridized carbons (Fsp3) is 0.538. The molecule has 1 N–H and O–H groups in total. The summed E-state index contributed by atoms with van der Waals surface area (Å²) >= 11 is 0. The molecule has 0 aliphatic heterocycles. The summed E-state index contributed by atoms with van der Waals surface area (Å²) in [5.41, 5.74) is 1.03. The van der Waals surface area contributed by atoms with E-state index in [-0.39, 0.29) is 12.1 Å². The number of hydrogen-bond acceptors (Lipinski definition) is 5. The molecular formula is C13H20N6O2. The minimum Gasteiger partial charge on any atom is -0.467 e. The first-order valence-electron chi connectivity index (χ1n) is 6.83. The van der Waals surface area contributed by atoms with Crippen molar-refractivity contribution in [1.29, 1.82) is 0 Å². The van der Waals surface area contributed by atoms with E-state index < -0.39 is 0 Å². The van der Waals surface area contributed by atoms with Crippen molar-refractivity contribution in [3.63, 3.8) is 0 Å². The molecule has 2 rings (SSSR count). The van der Waals surface area contributed by atoms with E-state index in [1.54, 1.807) is 18.2 Å². The minimum atomic E-state index is -0.274. The number of nitrogens with one attached hydrogen (secondary N) is 1. The van der Waals surface area contributed by atoms with E-state index in [0.717, 1.165) is 11.3 Å². The first-order valence-corrected chi connectivity index (χ1v) is 6.83. The first-order chi connectivity index (χ1) is 10.0. The minimum absolute atomic E-state index is 0.177. The molecule has 0 spiro atoms. The van der Waals surface area contributed by atoms with Crippen LogP contribution >= 0.6 is 0 Å². The molecular weight excluding hydrogens is 272 g/mol. The highest BCUT2D eigenvalue weighted by atomic mass is 16.3. The molecule has 0 radical (unpaired) electrons. The number of carbonyl (C=O) groups excluding carboxylic acids is 1. The number of carbonyl (C=O) groups is 1. The van der Waals surface area contributed by atoms with Crippen molar-refractivity contribution in [2.75, 3.05) is 6.54 Å². The van der Waals surface area contributed by atoms with Gasteiger partial charge in [-0.2, -0.15) is 0 Å². The summed E-state index contributed by atoms with van der Waals surface area (Å²) in [5.74, 6) is 1.40. The molecule has 2 heterocycles. The highest BCUT2D eigenvalue weighted by Crippen LogP contribution is 2.13. The third-order valence-electron chi connectivity index (χ3n) is 3.35. The molecule has 0 saturated heterocycles. The lowest BCUT2D eigenvalue weighted by Gasteiger charge is -2.22. The zero-order valence-electron chi connectivity index (χ0n) is 12.7. The molecule has 0 aliphatic rings. The van der Waals surface area contributed by atoms with Crippen LogP contribution in [0.15, 0.2) is 16.7 Å². The van der Waals surface area contributed by atoms with E-state index >= 15 is 0 Å². The van der Waals surface area contributed by atoms with Crippen molar-refractivity contribution in [2.24, 2.45) is 7.05 Å². The van der Waals surface area contributed by atoms with Gasteiger partial charge < -0.3 is 14.6 Å². The maximum Gasteiger partial charge on any atom is 0.318 e. The number of rotatable bonds is 5. The quantitative estimate of drug-likeness (QED) is 0.900. The van der Waals surface area contributed by atoms with Gasteiger partial charge in [-0.05, 0) is 42.8 Å². The van der Waals surface area contributed by atoms with E-state index in [2.05, 4.69) is 20.8 Å². The van der Waals surface area contributed by atoms with E-state index in [1.165, 1.54) is 4.68 Å². The second-order valence-electron chi connectivity index (χ2n) is 4.87. The number of amides is 2. The smallest absolute Gasteiger partial charge is 0.318 e. The van der Waals surface area contributed by atoms with Crippen LogP contribution in [0.1, 0.15) is 37.0 Å². The third-order valence-corrected chi connectivity index (χ3v) is 3.35. The van der Waals surface area contributed by atoms with Gasteiger partial charge in [0.05, 0.1) is 18.8 Å². The van der Waals surface area contributed by atoms with Crippen LogP contribution < -0.4 is 5.32 Å². The van der Waals surface area contributed by atoms with Gasteiger partial charge in [0.2, 0.25) is 0 Å². The van der Waals surface area contributed by atoms with Crippen LogP contribution in [0, 0.1) is 6.92 Å². The van der Waals surface area contributed by atoms with E-state index in [9.17, 15) is 4.79 Å². The molecule has 0 saturated carbocycles. The lowest BCUT2D eigenvalue weighted by atomic mass is 10.2. The van der Waals surface area contributed by atoms with Crippen LogP contribution in [0.25, 0.3) is 0 Å². The summed E-state index contributed by atoms with van der Waals surface area (Å²) < 4.78 is 6.92. The Kier molecular flexibility index (Phi) is 4.56. The largest absolute Gasteiger partial charge is 0.467 e. The Morgan fingerprint density at radius 2 is 2.33 bits per heavy atom. The predicted molar refractivity (Wildman–Crippen MR) is 75.3 cm³/mol. The SMILES string of the molecule is CCN(Cc1occc1C)C(=O)NC(C)c1nnnn1C. The number of tetrazole rings is 1. The van der Waals surface area contributed by atoms with Gasteiger partial charge in [-0.15, -0.1) is 5.10 Å². The molecule has 114 valence electrons. The zero-order valence-corrected chi connectivity index (χ0v) is 12.7. The van der Waals surface area contributed by atoms with Gasteiger partial charge in [0.25, 0.3) is 0 Å². The zero-order chi connectivity index (χ0) is 15.4. The van der Waals surface area contributed by atoms with Crippen LogP contribution in [0.3, 0.4) is 0 Å². The summed E-state index contributed by atoms with van der Waals surface area (Å²) in [5, 5.41) is 14.1. The molecule has 8 heteroatoms. The maximum absolute atomic E-state index is 12.3. The molecule has 8 nitrogen and oxygen atoms in total. The van der Waals surface area contributed by atoms with Gasteiger partial charge in [-0.25, -0.2) is 9.48 Å². The molecule has 0 aliphatic carbocycles. The average Bonchev–Trinajstić information content (AvgIpc) is 3.04. The van der Waals surface area contributed by atoms with E-state index in [0.29, 0.717) is 18.9 Å². The first kappa shape index (κ1) is 15.0. The standard InChI is InChI=1S/C13H20N6O2/c1-5-19(8-11-9(2)6-7-21-11)13(20)14-10(3)12-15-16-17-18(12)4/h6-7,10H,5,8H2,1-4H3,(H,14,20). The van der Waals surface area contributed by atoms with Gasteiger partial charge in [-0.3, -0.25) is 0 Å². The number of nitrogens with zero attached hydrogens (tertiary/aromatic N) is 5. The molecule has 21 heavy (non-hydrogen) atoms. The molecule has 1 unspecified atom stereocenters. The Morgan fingerprint density at radius 3 is 2.86 bits per heavy atom. The number of hydrogen-bond donors (Lipinski definition) is 1. The van der Waals surface area contributed by atoms with Crippen molar-refractivity contribution < 1.29 is 9.21 Å². The van der Waals surface area contributed by atoms with Crippen LogP contribution in [0.2, 0.25) is 0 Å². The molecule has 2 aromatic rings. The average molecular weight is 292 g/mol. The maximum atomic E-state index is 12.3. The van der Waals surface area contributed by atoms with Gasteiger partial charge in [0, 0.05) is 13.6 Å². The van der Waals surface area contributed by atoms with Gasteiger partial charge >= 0.3 is 6.03 Å². The highest BCUT2D eigenvalue weighted by molar-refractivity contribution is 5.74. The number of aryl methyl sites for hydroxylation is 2. The summed E-state index contributed by atoms with van der Waals surface area (Å²) in [7, 11) is 1.74. The Hall–Kier alpha value is -2.38. The van der Waals surface area contributed by atoms with Gasteiger partial charge in [0.1, 0.15) is 5.76 Å². The molecule has 0 fully saturated rings. The summed E-state index contributed by atoms with van der Waals surface area (Å²) in [4.78, 5) is 14.0. The molecule has 0 aromatic carbocycles. The summed E-state index contributed by atoms with van der Waals surface area (Å²) in [6.45, 7) is 6.74. The fourth-order valence-electron chi connectivity index (χ4n) is 2.01. The van der Waals surface area contributed by atoms with Crippen LogP contribution in [0.5, 0.6) is 0 Å². The van der Waals surface area contributed by atoms with Crippen molar-refractivity contribution in [3.05, 3.63) is 29.5 Å². The van der Waals surface area contributed by atoms with Crippen molar-refractivity contribution in [2.45, 2.75) is 33.4 Å². The Bertz CT molecular complexity index is 605. The van der Waals surface area contributed by atoms with Gasteiger partial charge in [-0.1, -0.05) is 0 Å². The highest BCUT2D eigenvalue weighted by Gasteiger charge is 2.20. The summed E-state index contributed by atoms with van der Waals surface area (Å²) in [6, 6.07) is 1.43. The Labute approximate surface area is 123 Å². The normalized spacial score (nSPS) is 12.2. The van der Waals surface area contributed by atoms with Crippen LogP contribution in [-0.2, 0) is 13.6 Å². The molecule has 2 aromatic heterocycles. The van der Waals surface area contributed by atoms with Crippen molar-refractivity contribution >= 4 is 6.03 Å². The Balaban J connectivity index is 2.00. The van der Waals surface area contributed by atoms with Crippen LogP contribution in [0.4, 0.5) is 4.79 Å². The van der Waals surface area contributed by atoms with Gasteiger partial charge in [0.15, 0.2) is 5.82 Å². The molecule has 1 atom stereocenters. The van der Waals surface area contributed by atoms with Crippen molar-refractivity contribution in [1.82, 2.24) is 30.4 Å².